The molecule has 318 valence electrons. The van der Waals surface area contributed by atoms with Crippen LogP contribution < -0.4 is 9.47 Å². The maximum absolute atomic E-state index is 7.73. The van der Waals surface area contributed by atoms with Crippen molar-refractivity contribution in [3.05, 3.63) is 52.9 Å². The van der Waals surface area contributed by atoms with Crippen molar-refractivity contribution in [1.29, 1.82) is 0 Å². The van der Waals surface area contributed by atoms with Gasteiger partial charge >= 0.3 is 0 Å². The van der Waals surface area contributed by atoms with Crippen molar-refractivity contribution in [1.82, 2.24) is 4.57 Å². The first-order valence-corrected chi connectivity index (χ1v) is 28.1. The Balaban J connectivity index is 1.87. The van der Waals surface area contributed by atoms with E-state index < -0.39 is 16.6 Å². The summed E-state index contributed by atoms with van der Waals surface area (Å²) in [6, 6.07) is 8.67. The van der Waals surface area contributed by atoms with Gasteiger partial charge in [0.2, 0.25) is 8.32 Å². The summed E-state index contributed by atoms with van der Waals surface area (Å²) in [4.78, 5) is 0. The van der Waals surface area contributed by atoms with Crippen LogP contribution in [-0.2, 0) is 22.4 Å². The van der Waals surface area contributed by atoms with Crippen molar-refractivity contribution in [3.63, 3.8) is 0 Å². The third kappa shape index (κ3) is 10.2. The summed E-state index contributed by atoms with van der Waals surface area (Å²) < 4.78 is 42.0. The first kappa shape index (κ1) is 47.5. The Kier molecular flexibility index (Phi) is 16.5. The first-order chi connectivity index (χ1) is 26.2. The van der Waals surface area contributed by atoms with Crippen molar-refractivity contribution in [2.24, 2.45) is 5.92 Å². The molecule has 0 amide bonds. The van der Waals surface area contributed by atoms with Gasteiger partial charge in [-0.1, -0.05) is 75.3 Å². The van der Waals surface area contributed by atoms with E-state index in [1.54, 1.807) is 7.11 Å². The quantitative estimate of drug-likeness (QED) is 0.109. The zero-order chi connectivity index (χ0) is 41.8. The van der Waals surface area contributed by atoms with Gasteiger partial charge < -0.3 is 32.4 Å². The topological polar surface area (TPSA) is 60.3 Å². The molecule has 2 aliphatic heterocycles. The predicted molar refractivity (Wildman–Crippen MR) is 245 cm³/mol. The van der Waals surface area contributed by atoms with Crippen LogP contribution in [0.15, 0.2) is 35.9 Å². The van der Waals surface area contributed by atoms with E-state index >= 15 is 0 Å². The number of methoxy groups -OCH3 is 2. The van der Waals surface area contributed by atoms with Crippen LogP contribution in [0.25, 0.3) is 5.69 Å². The van der Waals surface area contributed by atoms with Crippen molar-refractivity contribution in [3.8, 4) is 17.2 Å². The Hall–Kier alpha value is -1.19. The molecular formula is C45H77NO6S2Si2. The number of allylic oxidation sites excluding steroid dienone is 1. The average Bonchev–Trinajstić information content (AvgIpc) is 3.78. The number of nitrogens with zero attached hydrogens (tertiary/aromatic N) is 1. The lowest BCUT2D eigenvalue weighted by atomic mass is 9.90. The van der Waals surface area contributed by atoms with Gasteiger partial charge in [-0.05, 0) is 104 Å². The maximum atomic E-state index is 7.73. The summed E-state index contributed by atoms with van der Waals surface area (Å²) in [5.74, 6) is 3.98. The van der Waals surface area contributed by atoms with E-state index in [1.165, 1.54) is 17.6 Å². The smallest absolute Gasteiger partial charge is 0.200 e. The highest BCUT2D eigenvalue weighted by Crippen LogP contribution is 2.57. The van der Waals surface area contributed by atoms with Crippen LogP contribution in [0, 0.1) is 19.8 Å². The molecule has 11 heteroatoms. The van der Waals surface area contributed by atoms with Crippen LogP contribution >= 0.6 is 23.5 Å². The molecule has 2 aromatic rings. The molecule has 0 unspecified atom stereocenters. The second kappa shape index (κ2) is 19.5. The Morgan fingerprint density at radius 3 is 1.93 bits per heavy atom. The van der Waals surface area contributed by atoms with Gasteiger partial charge in [0.25, 0.3) is 0 Å². The molecule has 4 rings (SSSR count). The van der Waals surface area contributed by atoms with Gasteiger partial charge in [0, 0.05) is 35.4 Å². The molecule has 0 aliphatic carbocycles. The van der Waals surface area contributed by atoms with Crippen molar-refractivity contribution < 1.29 is 27.8 Å². The largest absolute Gasteiger partial charge is 0.497 e. The second-order valence-electron chi connectivity index (χ2n) is 18.7. The summed E-state index contributed by atoms with van der Waals surface area (Å²) in [7, 11) is -0.921. The molecular weight excluding hydrogens is 771 g/mol. The summed E-state index contributed by atoms with van der Waals surface area (Å²) in [6.07, 6.45) is 4.71. The van der Waals surface area contributed by atoms with Gasteiger partial charge in [0.15, 0.2) is 14.6 Å². The number of aromatic nitrogens is 1. The van der Waals surface area contributed by atoms with Crippen molar-refractivity contribution >= 4 is 40.2 Å². The summed E-state index contributed by atoms with van der Waals surface area (Å²) >= 11 is 4.08. The minimum atomic E-state index is -2.27. The van der Waals surface area contributed by atoms with E-state index in [1.807, 2.05) is 30.6 Å². The third-order valence-corrected chi connectivity index (χ3v) is 27.0. The van der Waals surface area contributed by atoms with Crippen LogP contribution in [0.2, 0.25) is 34.8 Å². The average molecular weight is 848 g/mol. The van der Waals surface area contributed by atoms with Gasteiger partial charge in [-0.2, -0.15) is 0 Å². The molecule has 3 heterocycles. The number of thioether (sulfide) groups is 2. The second-order valence-corrected chi connectivity index (χ2v) is 31.9. The Morgan fingerprint density at radius 1 is 0.893 bits per heavy atom. The number of aryl methyl sites for hydroxylation is 2. The van der Waals surface area contributed by atoms with Crippen LogP contribution in [-0.4, -0.2) is 78.6 Å². The van der Waals surface area contributed by atoms with Gasteiger partial charge in [-0.3, -0.25) is 0 Å². The van der Waals surface area contributed by atoms with Gasteiger partial charge in [0.05, 0.1) is 49.4 Å². The van der Waals surface area contributed by atoms with Crippen LogP contribution in [0.5, 0.6) is 11.5 Å². The molecule has 2 aliphatic rings. The SMILES string of the molecule is COc1cc(-n2c(C)ccc2C)c(OC)c(C2(C/C=C(/C)[C@H](O[Si](C)(C)C(C)(C)C)[C@@H](C)[C@H](CC3OCCO3)O[Si](C(C)C)(C(C)C)C(C)C)SCCCS2)c1. The van der Waals surface area contributed by atoms with E-state index in [-0.39, 0.29) is 33.5 Å². The monoisotopic (exact) mass is 847 g/mol. The van der Waals surface area contributed by atoms with Crippen molar-refractivity contribution in [2.45, 2.75) is 167 Å². The van der Waals surface area contributed by atoms with Crippen LogP contribution in [0.1, 0.15) is 112 Å². The molecule has 0 spiro atoms. The fraction of sp³-hybridized carbons (Fsp3) is 0.733. The summed E-state index contributed by atoms with van der Waals surface area (Å²) in [5, 5.41) is 0.0426. The minimum absolute atomic E-state index is 0.0426. The minimum Gasteiger partial charge on any atom is -0.497 e. The standard InChI is InChI=1S/C45H77NO6S2Si2/c1-30(2)56(31(3)4,32(5)6)51-40(29-41-49-23-24-50-41)36(10)42(52-55(16,17)44(11,12)13)33(7)21-22-45(53-25-18-26-54-45)38-27-37(47-14)28-39(43(38)48-15)46-34(8)19-20-35(46)9/h19-21,27-28,30-32,36,40-42H,18,22-26,29H2,1-17H3/b33-21-/t36-,40-,42-/m0/s1. The highest BCUT2D eigenvalue weighted by Gasteiger charge is 2.50. The molecule has 7 nitrogen and oxygen atoms in total. The number of hydrogen-bond donors (Lipinski definition) is 0. The molecule has 0 bridgehead atoms. The lowest BCUT2D eigenvalue weighted by Gasteiger charge is -2.48. The van der Waals surface area contributed by atoms with Crippen LogP contribution in [0.3, 0.4) is 0 Å². The summed E-state index contributed by atoms with van der Waals surface area (Å²) in [6.45, 7) is 36.3. The lowest BCUT2D eigenvalue weighted by molar-refractivity contribution is -0.0823. The number of ether oxygens (including phenoxy) is 4. The third-order valence-electron chi connectivity index (χ3n) is 13.0. The maximum Gasteiger partial charge on any atom is 0.200 e. The zero-order valence-corrected chi connectivity index (χ0v) is 41.7. The summed E-state index contributed by atoms with van der Waals surface area (Å²) in [5.41, 5.74) is 7.17. The molecule has 1 aromatic heterocycles. The molecule has 2 fully saturated rings. The number of rotatable bonds is 18. The van der Waals surface area contributed by atoms with E-state index in [4.69, 9.17) is 27.8 Å². The Labute approximate surface area is 352 Å². The van der Waals surface area contributed by atoms with Crippen LogP contribution in [0.4, 0.5) is 0 Å². The fourth-order valence-electron chi connectivity index (χ4n) is 8.86. The Bertz CT molecular complexity index is 1560. The predicted octanol–water partition coefficient (Wildman–Crippen LogP) is 12.8. The number of benzene rings is 1. The Morgan fingerprint density at radius 2 is 1.45 bits per heavy atom. The van der Waals surface area contributed by atoms with E-state index in [0.29, 0.717) is 36.3 Å². The molecule has 0 N–H and O–H groups in total. The number of hydrogen-bond acceptors (Lipinski definition) is 8. The molecule has 2 saturated heterocycles. The normalized spacial score (nSPS) is 19.2. The van der Waals surface area contributed by atoms with Crippen molar-refractivity contribution in [2.75, 3.05) is 38.9 Å². The molecule has 3 atom stereocenters. The van der Waals surface area contributed by atoms with E-state index in [0.717, 1.165) is 46.5 Å². The zero-order valence-electron chi connectivity index (χ0n) is 38.1. The van der Waals surface area contributed by atoms with E-state index in [2.05, 4.69) is 138 Å². The van der Waals surface area contributed by atoms with Gasteiger partial charge in [0.1, 0.15) is 11.5 Å². The van der Waals surface area contributed by atoms with E-state index in [9.17, 15) is 0 Å². The highest BCUT2D eigenvalue weighted by atomic mass is 32.2. The molecule has 56 heavy (non-hydrogen) atoms. The molecule has 0 saturated carbocycles. The first-order valence-electron chi connectivity index (χ1n) is 21.1. The highest BCUT2D eigenvalue weighted by molar-refractivity contribution is 8.18. The van der Waals surface area contributed by atoms with Gasteiger partial charge in [-0.25, -0.2) is 0 Å². The molecule has 0 radical (unpaired) electrons. The fourth-order valence-corrected chi connectivity index (χ4v) is 19.2. The lowest BCUT2D eigenvalue weighted by Crippen LogP contribution is -2.54. The van der Waals surface area contributed by atoms with Gasteiger partial charge in [-0.15, -0.1) is 23.5 Å². The molecule has 1 aromatic carbocycles.